The number of piperidine rings is 2. The molecule has 6 nitrogen and oxygen atoms in total. The molecule has 0 N–H and O–H groups in total. The maximum Gasteiger partial charge on any atom is 0.243 e. The van der Waals surface area contributed by atoms with Crippen molar-refractivity contribution in [2.24, 2.45) is 5.41 Å². The van der Waals surface area contributed by atoms with Gasteiger partial charge in [-0.05, 0) is 62.4 Å². The van der Waals surface area contributed by atoms with Crippen LogP contribution in [0.2, 0.25) is 10.0 Å². The second kappa shape index (κ2) is 10.9. The van der Waals surface area contributed by atoms with Crippen LogP contribution in [-0.4, -0.2) is 56.3 Å². The molecule has 0 bridgehead atoms. The molecule has 0 unspecified atom stereocenters. The van der Waals surface area contributed by atoms with Crippen LogP contribution in [0.4, 0.5) is 0 Å². The number of ether oxygens (including phenoxy) is 1. The lowest BCUT2D eigenvalue weighted by Gasteiger charge is -2.42. The van der Waals surface area contributed by atoms with Crippen LogP contribution in [0, 0.1) is 5.41 Å². The van der Waals surface area contributed by atoms with Gasteiger partial charge in [0, 0.05) is 48.1 Å². The maximum absolute atomic E-state index is 13.5. The third-order valence-corrected chi connectivity index (χ3v) is 8.88. The lowest BCUT2D eigenvalue weighted by molar-refractivity contribution is -0.136. The van der Waals surface area contributed by atoms with Gasteiger partial charge in [-0.25, -0.2) is 8.42 Å². The van der Waals surface area contributed by atoms with Crippen molar-refractivity contribution in [3.8, 4) is 5.75 Å². The predicted molar refractivity (Wildman–Crippen MR) is 134 cm³/mol. The minimum Gasteiger partial charge on any atom is -0.493 e. The summed E-state index contributed by atoms with van der Waals surface area (Å²) in [6.07, 6.45) is 4.76. The van der Waals surface area contributed by atoms with E-state index in [4.69, 9.17) is 27.9 Å². The first-order valence-corrected chi connectivity index (χ1v) is 13.9. The van der Waals surface area contributed by atoms with E-state index in [1.165, 1.54) is 22.5 Å². The fraction of sp³-hybridized carbons (Fsp3) is 0.480. The van der Waals surface area contributed by atoms with Crippen molar-refractivity contribution in [2.75, 3.05) is 32.8 Å². The number of hydrogen-bond acceptors (Lipinski definition) is 4. The van der Waals surface area contributed by atoms with E-state index in [1.54, 1.807) is 0 Å². The minimum atomic E-state index is -3.84. The first-order valence-electron chi connectivity index (χ1n) is 11.7. The molecule has 0 spiro atoms. The van der Waals surface area contributed by atoms with E-state index in [0.29, 0.717) is 25.1 Å². The maximum atomic E-state index is 13.5. The van der Waals surface area contributed by atoms with Crippen molar-refractivity contribution in [3.63, 3.8) is 0 Å². The molecule has 4 rings (SSSR count). The average Bonchev–Trinajstić information content (AvgIpc) is 2.83. The van der Waals surface area contributed by atoms with Crippen molar-refractivity contribution in [3.05, 3.63) is 58.6 Å². The average molecular weight is 525 g/mol. The molecule has 0 saturated carbocycles. The molecule has 2 heterocycles. The Labute approximate surface area is 211 Å². The van der Waals surface area contributed by atoms with Crippen molar-refractivity contribution in [1.82, 2.24) is 9.21 Å². The molecule has 2 fully saturated rings. The molecule has 2 saturated heterocycles. The van der Waals surface area contributed by atoms with Crippen LogP contribution in [-0.2, 0) is 14.8 Å². The second-order valence-electron chi connectivity index (χ2n) is 9.27. The Morgan fingerprint density at radius 1 is 0.941 bits per heavy atom. The number of sulfonamides is 1. The molecule has 184 valence electrons. The first kappa shape index (κ1) is 25.3. The highest BCUT2D eigenvalue weighted by atomic mass is 35.5. The normalized spacial score (nSPS) is 21.9. The number of nitrogens with zero attached hydrogens (tertiary/aromatic N) is 2. The lowest BCUT2D eigenvalue weighted by Crippen LogP contribution is -2.51. The summed E-state index contributed by atoms with van der Waals surface area (Å²) in [5.74, 6) is 0.773. The summed E-state index contributed by atoms with van der Waals surface area (Å²) in [5, 5.41) is 0.532. The SMILES string of the molecule is O=C(C[C@@]1(COc2ccccc2)CCCN(S(=O)(=O)c2cc(Cl)cc(Cl)c2)C1)N1CCCCC1. The van der Waals surface area contributed by atoms with Crippen LogP contribution in [0.1, 0.15) is 38.5 Å². The molecule has 0 aromatic heterocycles. The van der Waals surface area contributed by atoms with Gasteiger partial charge in [-0.2, -0.15) is 4.31 Å². The minimum absolute atomic E-state index is 0.0622. The van der Waals surface area contributed by atoms with Gasteiger partial charge in [0.1, 0.15) is 5.75 Å². The van der Waals surface area contributed by atoms with Gasteiger partial charge in [0.05, 0.1) is 11.5 Å². The smallest absolute Gasteiger partial charge is 0.243 e. The first-order chi connectivity index (χ1) is 16.3. The number of carbonyl (C=O) groups is 1. The van der Waals surface area contributed by atoms with E-state index in [0.717, 1.165) is 32.4 Å². The summed E-state index contributed by atoms with van der Waals surface area (Å²) in [6, 6.07) is 13.8. The molecule has 2 aromatic rings. The quantitative estimate of drug-likeness (QED) is 0.496. The zero-order chi connectivity index (χ0) is 24.2. The van der Waals surface area contributed by atoms with Gasteiger partial charge in [-0.3, -0.25) is 4.79 Å². The number of carbonyl (C=O) groups excluding carboxylic acids is 1. The Morgan fingerprint density at radius 3 is 2.29 bits per heavy atom. The Morgan fingerprint density at radius 2 is 1.62 bits per heavy atom. The molecule has 2 aliphatic heterocycles. The van der Waals surface area contributed by atoms with Gasteiger partial charge in [0.2, 0.25) is 15.9 Å². The van der Waals surface area contributed by atoms with Crippen molar-refractivity contribution in [1.29, 1.82) is 0 Å². The van der Waals surface area contributed by atoms with Gasteiger partial charge < -0.3 is 9.64 Å². The number of benzene rings is 2. The van der Waals surface area contributed by atoms with Crippen LogP contribution < -0.4 is 4.74 Å². The molecule has 1 atom stereocenters. The molecule has 9 heteroatoms. The molecule has 2 aliphatic rings. The Kier molecular flexibility index (Phi) is 8.08. The lowest BCUT2D eigenvalue weighted by atomic mass is 9.78. The molecule has 2 aromatic carbocycles. The molecular weight excluding hydrogens is 495 g/mol. The fourth-order valence-electron chi connectivity index (χ4n) is 4.84. The summed E-state index contributed by atoms with van der Waals surface area (Å²) < 4.78 is 34.6. The van der Waals surface area contributed by atoms with Crippen LogP contribution in [0.5, 0.6) is 5.75 Å². The molecule has 0 radical (unpaired) electrons. The van der Waals surface area contributed by atoms with E-state index in [9.17, 15) is 13.2 Å². The van der Waals surface area contributed by atoms with Gasteiger partial charge in [-0.15, -0.1) is 0 Å². The molecule has 0 aliphatic carbocycles. The largest absolute Gasteiger partial charge is 0.493 e. The van der Waals surface area contributed by atoms with Gasteiger partial charge in [0.15, 0.2) is 0 Å². The number of likely N-dealkylation sites (tertiary alicyclic amines) is 1. The number of para-hydroxylation sites is 1. The molecule has 1 amide bonds. The van der Waals surface area contributed by atoms with Crippen molar-refractivity contribution < 1.29 is 17.9 Å². The number of amides is 1. The zero-order valence-electron chi connectivity index (χ0n) is 19.1. The second-order valence-corrected chi connectivity index (χ2v) is 12.1. The van der Waals surface area contributed by atoms with Gasteiger partial charge >= 0.3 is 0 Å². The zero-order valence-corrected chi connectivity index (χ0v) is 21.4. The highest BCUT2D eigenvalue weighted by Crippen LogP contribution is 2.38. The van der Waals surface area contributed by atoms with Crippen LogP contribution in [0.3, 0.4) is 0 Å². The predicted octanol–water partition coefficient (Wildman–Crippen LogP) is 5.25. The summed E-state index contributed by atoms with van der Waals surface area (Å²) in [6.45, 7) is 2.36. The van der Waals surface area contributed by atoms with Crippen molar-refractivity contribution in [2.45, 2.75) is 43.4 Å². The van der Waals surface area contributed by atoms with Gasteiger partial charge in [-0.1, -0.05) is 41.4 Å². The van der Waals surface area contributed by atoms with E-state index >= 15 is 0 Å². The third kappa shape index (κ3) is 6.06. The van der Waals surface area contributed by atoms with Crippen molar-refractivity contribution >= 4 is 39.1 Å². The Hall–Kier alpha value is -1.80. The van der Waals surface area contributed by atoms with E-state index < -0.39 is 15.4 Å². The van der Waals surface area contributed by atoms with Crippen LogP contribution >= 0.6 is 23.2 Å². The highest BCUT2D eigenvalue weighted by molar-refractivity contribution is 7.89. The number of rotatable bonds is 7. The van der Waals surface area contributed by atoms with E-state index in [1.807, 2.05) is 35.2 Å². The molecular formula is C25H30Cl2N2O4S. The summed E-state index contributed by atoms with van der Waals surface area (Å²) >= 11 is 12.2. The monoisotopic (exact) mass is 524 g/mol. The van der Waals surface area contributed by atoms with Crippen LogP contribution in [0.15, 0.2) is 53.4 Å². The summed E-state index contributed by atoms with van der Waals surface area (Å²) in [5.41, 5.74) is -0.627. The standard InChI is InChI=1S/C25H30Cl2N2O4S/c26-20-14-21(27)16-23(15-20)34(31,32)29-13-7-10-25(18-29,19-33-22-8-3-1-4-9-22)17-24(30)28-11-5-2-6-12-28/h1,3-4,8-9,14-16H,2,5-7,10-13,17-19H2/t25-/m0/s1. The number of halogens is 2. The summed E-state index contributed by atoms with van der Waals surface area (Å²) in [4.78, 5) is 15.2. The third-order valence-electron chi connectivity index (χ3n) is 6.62. The van der Waals surface area contributed by atoms with E-state index in [2.05, 4.69) is 0 Å². The molecule has 34 heavy (non-hydrogen) atoms. The van der Waals surface area contributed by atoms with Crippen LogP contribution in [0.25, 0.3) is 0 Å². The Bertz CT molecular complexity index is 1090. The highest BCUT2D eigenvalue weighted by Gasteiger charge is 2.43. The van der Waals surface area contributed by atoms with E-state index in [-0.39, 0.29) is 40.4 Å². The summed E-state index contributed by atoms with van der Waals surface area (Å²) in [7, 11) is -3.84. The van der Waals surface area contributed by atoms with Gasteiger partial charge in [0.25, 0.3) is 0 Å². The Balaban J connectivity index is 1.59. The number of hydrogen-bond donors (Lipinski definition) is 0. The fourth-order valence-corrected chi connectivity index (χ4v) is 7.16. The topological polar surface area (TPSA) is 66.9 Å².